The van der Waals surface area contributed by atoms with Crippen molar-refractivity contribution in [3.05, 3.63) is 35.5 Å². The third kappa shape index (κ3) is 4.07. The molecule has 0 aromatic rings. The van der Waals surface area contributed by atoms with Crippen LogP contribution in [0.25, 0.3) is 0 Å². The molecule has 0 nitrogen and oxygen atoms in total. The summed E-state index contributed by atoms with van der Waals surface area (Å²) in [5.74, 6) is 0. The summed E-state index contributed by atoms with van der Waals surface area (Å²) in [6.07, 6.45) is 14.4. The largest absolute Gasteiger partial charge is 0.0884 e. The molecule has 0 radical (unpaired) electrons. The zero-order valence-corrected chi connectivity index (χ0v) is 10.6. The lowest BCUT2D eigenvalue weighted by atomic mass is 9.73. The summed E-state index contributed by atoms with van der Waals surface area (Å²) >= 11 is 0. The summed E-state index contributed by atoms with van der Waals surface area (Å²) in [4.78, 5) is 0. The van der Waals surface area contributed by atoms with E-state index in [0.29, 0.717) is 5.41 Å². The lowest BCUT2D eigenvalue weighted by Gasteiger charge is -2.32. The van der Waals surface area contributed by atoms with Gasteiger partial charge in [0.15, 0.2) is 0 Å². The molecule has 1 saturated carbocycles. The van der Waals surface area contributed by atoms with Crippen molar-refractivity contribution in [1.82, 2.24) is 0 Å². The van der Waals surface area contributed by atoms with E-state index in [1.54, 1.807) is 5.57 Å². The quantitative estimate of drug-likeness (QED) is 0.437. The summed E-state index contributed by atoms with van der Waals surface area (Å²) in [6, 6.07) is 0. The third-order valence-corrected chi connectivity index (χ3v) is 3.21. The molecular weight excluding hydrogens is 180 g/mol. The molecule has 0 aromatic heterocycles. The van der Waals surface area contributed by atoms with Crippen LogP contribution in [0.2, 0.25) is 0 Å². The van der Waals surface area contributed by atoms with Crippen molar-refractivity contribution >= 4 is 0 Å². The minimum Gasteiger partial charge on any atom is -0.0884 e. The van der Waals surface area contributed by atoms with Crippen molar-refractivity contribution in [2.45, 2.75) is 53.4 Å². The summed E-state index contributed by atoms with van der Waals surface area (Å²) in [5, 5.41) is 0. The van der Waals surface area contributed by atoms with E-state index in [2.05, 4.69) is 52.0 Å². The molecule has 15 heavy (non-hydrogen) atoms. The van der Waals surface area contributed by atoms with Crippen LogP contribution < -0.4 is 0 Å². The SMILES string of the molecule is CC=C1CCCC(C)(C=CC=C(C)C)C1. The maximum Gasteiger partial charge on any atom is -0.0106 e. The zero-order valence-electron chi connectivity index (χ0n) is 10.6. The molecule has 1 unspecified atom stereocenters. The van der Waals surface area contributed by atoms with Crippen molar-refractivity contribution in [1.29, 1.82) is 0 Å². The van der Waals surface area contributed by atoms with E-state index in [-0.39, 0.29) is 0 Å². The first-order valence-electron chi connectivity index (χ1n) is 6.02. The van der Waals surface area contributed by atoms with Gasteiger partial charge in [-0.25, -0.2) is 0 Å². The Balaban J connectivity index is 2.66. The highest BCUT2D eigenvalue weighted by atomic mass is 14.3. The van der Waals surface area contributed by atoms with Crippen molar-refractivity contribution in [2.75, 3.05) is 0 Å². The molecule has 0 saturated heterocycles. The minimum absolute atomic E-state index is 0.395. The van der Waals surface area contributed by atoms with Crippen molar-refractivity contribution < 1.29 is 0 Å². The van der Waals surface area contributed by atoms with Crippen LogP contribution in [0.5, 0.6) is 0 Å². The maximum absolute atomic E-state index is 2.39. The molecule has 0 N–H and O–H groups in total. The highest BCUT2D eigenvalue weighted by molar-refractivity contribution is 5.17. The normalized spacial score (nSPS) is 29.7. The average Bonchev–Trinajstić information content (AvgIpc) is 2.16. The van der Waals surface area contributed by atoms with E-state index in [1.165, 1.54) is 31.3 Å². The fraction of sp³-hybridized carbons (Fsp3) is 0.600. The van der Waals surface area contributed by atoms with Crippen LogP contribution in [0.4, 0.5) is 0 Å². The van der Waals surface area contributed by atoms with Gasteiger partial charge in [0.05, 0.1) is 0 Å². The van der Waals surface area contributed by atoms with Crippen LogP contribution in [0.15, 0.2) is 35.5 Å². The van der Waals surface area contributed by atoms with E-state index in [9.17, 15) is 0 Å². The molecule has 0 aliphatic heterocycles. The Morgan fingerprint density at radius 2 is 2.07 bits per heavy atom. The van der Waals surface area contributed by atoms with Crippen LogP contribution in [-0.2, 0) is 0 Å². The van der Waals surface area contributed by atoms with Gasteiger partial charge < -0.3 is 0 Å². The van der Waals surface area contributed by atoms with Crippen LogP contribution in [0, 0.1) is 5.41 Å². The summed E-state index contributed by atoms with van der Waals surface area (Å²) in [5.41, 5.74) is 3.40. The first kappa shape index (κ1) is 12.3. The van der Waals surface area contributed by atoms with Crippen LogP contribution in [0.3, 0.4) is 0 Å². The van der Waals surface area contributed by atoms with E-state index < -0.39 is 0 Å². The monoisotopic (exact) mass is 204 g/mol. The average molecular weight is 204 g/mol. The van der Waals surface area contributed by atoms with Crippen LogP contribution >= 0.6 is 0 Å². The van der Waals surface area contributed by atoms with Crippen molar-refractivity contribution in [2.24, 2.45) is 5.41 Å². The van der Waals surface area contributed by atoms with Gasteiger partial charge in [0.1, 0.15) is 0 Å². The Bertz CT molecular complexity index is 287. The molecule has 1 aliphatic rings. The Morgan fingerprint density at radius 1 is 1.33 bits per heavy atom. The second-order valence-electron chi connectivity index (χ2n) is 5.23. The van der Waals surface area contributed by atoms with Gasteiger partial charge in [0.2, 0.25) is 0 Å². The Hall–Kier alpha value is -0.780. The molecule has 1 fully saturated rings. The van der Waals surface area contributed by atoms with Gasteiger partial charge in [0.25, 0.3) is 0 Å². The van der Waals surface area contributed by atoms with E-state index in [4.69, 9.17) is 0 Å². The van der Waals surface area contributed by atoms with Crippen LogP contribution in [-0.4, -0.2) is 0 Å². The molecule has 84 valence electrons. The van der Waals surface area contributed by atoms with Gasteiger partial charge in [-0.1, -0.05) is 42.4 Å². The molecule has 0 amide bonds. The van der Waals surface area contributed by atoms with Gasteiger partial charge in [-0.3, -0.25) is 0 Å². The third-order valence-electron chi connectivity index (χ3n) is 3.21. The smallest absolute Gasteiger partial charge is 0.0106 e. The summed E-state index contributed by atoms with van der Waals surface area (Å²) in [7, 11) is 0. The van der Waals surface area contributed by atoms with Gasteiger partial charge in [0, 0.05) is 0 Å². The lowest BCUT2D eigenvalue weighted by Crippen LogP contribution is -2.18. The molecule has 1 atom stereocenters. The molecular formula is C15H24. The van der Waals surface area contributed by atoms with Crippen molar-refractivity contribution in [3.63, 3.8) is 0 Å². The highest BCUT2D eigenvalue weighted by Gasteiger charge is 2.25. The first-order valence-corrected chi connectivity index (χ1v) is 6.02. The van der Waals surface area contributed by atoms with Gasteiger partial charge in [-0.05, 0) is 51.9 Å². The molecule has 0 heteroatoms. The van der Waals surface area contributed by atoms with Gasteiger partial charge >= 0.3 is 0 Å². The Labute approximate surface area is 94.8 Å². The fourth-order valence-corrected chi connectivity index (χ4v) is 2.28. The minimum atomic E-state index is 0.395. The standard InChI is InChI=1S/C15H24/c1-5-14-9-7-11-15(4,12-14)10-6-8-13(2)3/h5-6,8,10H,7,9,11-12H2,1-4H3. The second kappa shape index (κ2) is 5.34. The van der Waals surface area contributed by atoms with E-state index in [0.717, 1.165) is 0 Å². The number of hydrogen-bond donors (Lipinski definition) is 0. The highest BCUT2D eigenvalue weighted by Crippen LogP contribution is 2.39. The first-order chi connectivity index (χ1) is 7.06. The molecule has 0 spiro atoms. The number of hydrogen-bond acceptors (Lipinski definition) is 0. The summed E-state index contributed by atoms with van der Waals surface area (Å²) in [6.45, 7) is 8.84. The van der Waals surface area contributed by atoms with Gasteiger partial charge in [-0.2, -0.15) is 0 Å². The Morgan fingerprint density at radius 3 is 2.67 bits per heavy atom. The molecule has 1 aliphatic carbocycles. The summed E-state index contributed by atoms with van der Waals surface area (Å²) < 4.78 is 0. The van der Waals surface area contributed by atoms with Crippen molar-refractivity contribution in [3.8, 4) is 0 Å². The molecule has 0 aromatic carbocycles. The fourth-order valence-electron chi connectivity index (χ4n) is 2.28. The molecule has 1 rings (SSSR count). The van der Waals surface area contributed by atoms with Gasteiger partial charge in [-0.15, -0.1) is 0 Å². The molecule has 0 bridgehead atoms. The van der Waals surface area contributed by atoms with Crippen LogP contribution in [0.1, 0.15) is 53.4 Å². The Kier molecular flexibility index (Phi) is 4.38. The molecule has 0 heterocycles. The zero-order chi connectivity index (χ0) is 11.3. The topological polar surface area (TPSA) is 0 Å². The number of allylic oxidation sites excluding steroid dienone is 6. The van der Waals surface area contributed by atoms with E-state index in [1.807, 2.05) is 0 Å². The predicted molar refractivity (Wildman–Crippen MR) is 68.9 cm³/mol. The maximum atomic E-state index is 2.39. The second-order valence-corrected chi connectivity index (χ2v) is 5.23. The predicted octanol–water partition coefficient (Wildman–Crippen LogP) is 5.04. The van der Waals surface area contributed by atoms with E-state index >= 15 is 0 Å². The number of rotatable bonds is 2. The lowest BCUT2D eigenvalue weighted by molar-refractivity contribution is 0.336.